The molecule has 0 saturated carbocycles. The first-order chi connectivity index (χ1) is 2.81. The van der Waals surface area contributed by atoms with E-state index in [2.05, 4.69) is 12.6 Å². The van der Waals surface area contributed by atoms with Crippen LogP contribution in [0.1, 0.15) is 0 Å². The predicted molar refractivity (Wildman–Crippen MR) is 26.5 cm³/mol. The zero-order valence-electron chi connectivity index (χ0n) is 4.42. The minimum atomic E-state index is -0.599. The van der Waals surface area contributed by atoms with Crippen molar-refractivity contribution in [2.45, 2.75) is 0 Å². The van der Waals surface area contributed by atoms with E-state index in [4.69, 9.17) is 0 Å². The normalized spacial score (nSPS) is 5.62. The molecule has 0 aromatic rings. The standard InChI is InChI=1S/C3H3O2S.Na.H2O/c4-1-3(5)2-6;;/h6H,2H2;;1H2/q-1;+1;/p-1. The quantitative estimate of drug-likeness (QED) is 0.188. The SMILES string of the molecule is O=[C-]C(=O)CS.[Na+].[OH-]. The fourth-order valence-corrected chi connectivity index (χ4v) is 0.0968. The van der Waals surface area contributed by atoms with Crippen molar-refractivity contribution in [3.63, 3.8) is 0 Å². The van der Waals surface area contributed by atoms with Crippen molar-refractivity contribution in [2.24, 2.45) is 0 Å². The van der Waals surface area contributed by atoms with Gasteiger partial charge in [0.15, 0.2) is 0 Å². The zero-order chi connectivity index (χ0) is 4.99. The van der Waals surface area contributed by atoms with Crippen molar-refractivity contribution in [2.75, 3.05) is 5.75 Å². The first-order valence-corrected chi connectivity index (χ1v) is 1.96. The Balaban J connectivity index is -0.000000125. The molecule has 42 valence electrons. The maximum absolute atomic E-state index is 9.68. The van der Waals surface area contributed by atoms with Crippen molar-refractivity contribution in [1.82, 2.24) is 0 Å². The minimum absolute atomic E-state index is 0. The Morgan fingerprint density at radius 2 is 2.00 bits per heavy atom. The number of ketones is 1. The van der Waals surface area contributed by atoms with Crippen molar-refractivity contribution in [3.05, 3.63) is 0 Å². The molecule has 0 heterocycles. The molecule has 3 nitrogen and oxygen atoms in total. The average molecular weight is 143 g/mol. The molecule has 0 radical (unpaired) electrons. The van der Waals surface area contributed by atoms with Gasteiger partial charge < -0.3 is 15.1 Å². The molecule has 0 amide bonds. The van der Waals surface area contributed by atoms with Crippen molar-refractivity contribution in [1.29, 1.82) is 0 Å². The van der Waals surface area contributed by atoms with Gasteiger partial charge in [0.25, 0.3) is 0 Å². The summed E-state index contributed by atoms with van der Waals surface area (Å²) in [5.74, 6) is -0.637. The van der Waals surface area contributed by atoms with Crippen LogP contribution in [0.4, 0.5) is 0 Å². The van der Waals surface area contributed by atoms with Gasteiger partial charge in [0.1, 0.15) is 0 Å². The van der Waals surface area contributed by atoms with Gasteiger partial charge in [0.05, 0.1) is 0 Å². The molecule has 0 saturated heterocycles. The van der Waals surface area contributed by atoms with E-state index >= 15 is 0 Å². The molecule has 0 fully saturated rings. The smallest absolute Gasteiger partial charge is 0.870 e. The predicted octanol–water partition coefficient (Wildman–Crippen LogP) is -3.58. The molecule has 1 N–H and O–H groups in total. The molecular formula is C3H4NaO3S-. The summed E-state index contributed by atoms with van der Waals surface area (Å²) in [6.07, 6.45) is 1.15. The van der Waals surface area contributed by atoms with Crippen LogP contribution in [0.3, 0.4) is 0 Å². The van der Waals surface area contributed by atoms with Crippen LogP contribution in [0.2, 0.25) is 0 Å². The number of thiol groups is 1. The van der Waals surface area contributed by atoms with E-state index in [1.54, 1.807) is 0 Å². The van der Waals surface area contributed by atoms with Gasteiger partial charge in [-0.3, -0.25) is 0 Å². The molecule has 0 unspecified atom stereocenters. The first-order valence-electron chi connectivity index (χ1n) is 1.33. The third-order valence-electron chi connectivity index (χ3n) is 0.257. The summed E-state index contributed by atoms with van der Waals surface area (Å²) in [6, 6.07) is 0. The molecule has 0 rings (SSSR count). The van der Waals surface area contributed by atoms with Gasteiger partial charge in [0.2, 0.25) is 0 Å². The van der Waals surface area contributed by atoms with Crippen LogP contribution in [-0.4, -0.2) is 23.3 Å². The van der Waals surface area contributed by atoms with Crippen LogP contribution >= 0.6 is 12.6 Å². The summed E-state index contributed by atoms with van der Waals surface area (Å²) in [5.41, 5.74) is 0. The Kier molecular flexibility index (Phi) is 21.0. The Morgan fingerprint density at radius 1 is 1.62 bits per heavy atom. The van der Waals surface area contributed by atoms with E-state index in [0.29, 0.717) is 0 Å². The molecule has 0 aliphatic carbocycles. The average Bonchev–Trinajstić information content (AvgIpc) is 1.65. The molecule has 0 aromatic heterocycles. The molecule has 0 aliphatic heterocycles. The van der Waals surface area contributed by atoms with Gasteiger partial charge in [-0.25, -0.2) is 0 Å². The molecule has 8 heavy (non-hydrogen) atoms. The van der Waals surface area contributed by atoms with E-state index in [-0.39, 0.29) is 40.8 Å². The first kappa shape index (κ1) is 15.9. The number of carbonyl (C=O) groups is 1. The number of hydrogen-bond acceptors (Lipinski definition) is 4. The summed E-state index contributed by atoms with van der Waals surface area (Å²) in [5, 5.41) is 0. The van der Waals surface area contributed by atoms with Crippen molar-refractivity contribution >= 4 is 24.7 Å². The number of rotatable bonds is 2. The molecule has 0 spiro atoms. The number of hydrogen-bond donors (Lipinski definition) is 1. The second-order valence-corrected chi connectivity index (χ2v) is 1.000. The second-order valence-electron chi connectivity index (χ2n) is 0.683. The minimum Gasteiger partial charge on any atom is -0.870 e. The number of carbonyl (C=O) groups excluding carboxylic acids is 2. The Morgan fingerprint density at radius 3 is 2.00 bits per heavy atom. The summed E-state index contributed by atoms with van der Waals surface area (Å²) in [7, 11) is 0. The van der Waals surface area contributed by atoms with Crippen molar-refractivity contribution in [3.8, 4) is 0 Å². The maximum Gasteiger partial charge on any atom is 1.00 e. The van der Waals surface area contributed by atoms with Crippen LogP contribution in [0.25, 0.3) is 0 Å². The molecule has 0 bridgehead atoms. The summed E-state index contributed by atoms with van der Waals surface area (Å²) >= 11 is 3.48. The molecule has 0 aromatic carbocycles. The van der Waals surface area contributed by atoms with E-state index in [0.717, 1.165) is 6.29 Å². The van der Waals surface area contributed by atoms with Crippen LogP contribution in [-0.2, 0) is 9.59 Å². The van der Waals surface area contributed by atoms with Crippen LogP contribution in [0.5, 0.6) is 0 Å². The topological polar surface area (TPSA) is 64.1 Å². The van der Waals surface area contributed by atoms with Gasteiger partial charge in [-0.15, -0.1) is 0 Å². The van der Waals surface area contributed by atoms with Gasteiger partial charge in [-0.2, -0.15) is 18.9 Å². The van der Waals surface area contributed by atoms with Gasteiger partial charge in [-0.05, 0) is 0 Å². The van der Waals surface area contributed by atoms with Crippen molar-refractivity contribution < 1.29 is 44.6 Å². The fraction of sp³-hybridized carbons (Fsp3) is 0.333. The molecule has 0 atom stereocenters. The monoisotopic (exact) mass is 143 g/mol. The van der Waals surface area contributed by atoms with Crippen LogP contribution in [0, 0.1) is 0 Å². The zero-order valence-corrected chi connectivity index (χ0v) is 7.31. The Labute approximate surface area is 74.8 Å². The largest absolute Gasteiger partial charge is 1.00 e. The van der Waals surface area contributed by atoms with E-state index in [9.17, 15) is 9.59 Å². The molecule has 0 aliphatic rings. The Hall–Kier alpha value is 0.650. The fourth-order valence-electron chi connectivity index (χ4n) is 0.0323. The van der Waals surface area contributed by atoms with E-state index < -0.39 is 5.78 Å². The molecule has 5 heteroatoms. The van der Waals surface area contributed by atoms with E-state index in [1.807, 2.05) is 0 Å². The molecular weight excluding hydrogens is 139 g/mol. The third kappa shape index (κ3) is 9.82. The Bertz CT molecular complexity index is 74.9. The second kappa shape index (κ2) is 10.6. The van der Waals surface area contributed by atoms with Crippen LogP contribution in [0.15, 0.2) is 0 Å². The number of Topliss-reactive ketones (excluding diaryl/α,β-unsaturated/α-hetero) is 1. The van der Waals surface area contributed by atoms with Crippen LogP contribution < -0.4 is 29.6 Å². The third-order valence-corrected chi connectivity index (χ3v) is 0.545. The summed E-state index contributed by atoms with van der Waals surface area (Å²) < 4.78 is 0. The summed E-state index contributed by atoms with van der Waals surface area (Å²) in [6.45, 7) is 0. The van der Waals surface area contributed by atoms with Gasteiger partial charge in [-0.1, -0.05) is 0 Å². The van der Waals surface area contributed by atoms with Gasteiger partial charge >= 0.3 is 29.6 Å². The van der Waals surface area contributed by atoms with Gasteiger partial charge in [0, 0.05) is 11.5 Å². The summed E-state index contributed by atoms with van der Waals surface area (Å²) in [4.78, 5) is 18.9. The van der Waals surface area contributed by atoms with E-state index in [1.165, 1.54) is 0 Å². The maximum atomic E-state index is 9.68.